The van der Waals surface area contributed by atoms with Gasteiger partial charge in [-0.15, -0.1) is 6.42 Å². The van der Waals surface area contributed by atoms with E-state index in [2.05, 4.69) is 11.2 Å². The molecule has 0 bridgehead atoms. The van der Waals surface area contributed by atoms with Gasteiger partial charge >= 0.3 is 0 Å². The molecule has 0 aromatic heterocycles. The van der Waals surface area contributed by atoms with Crippen LogP contribution in [0, 0.1) is 18.3 Å². The fraction of sp³-hybridized carbons (Fsp3) is 0.583. The van der Waals surface area contributed by atoms with Crippen LogP contribution in [-0.4, -0.2) is 36.9 Å². The number of hydrogen-bond donors (Lipinski definition) is 2. The number of amides is 1. The van der Waals surface area contributed by atoms with E-state index in [9.17, 15) is 4.79 Å². The summed E-state index contributed by atoms with van der Waals surface area (Å²) < 4.78 is 5.01. The van der Waals surface area contributed by atoms with Crippen molar-refractivity contribution in [3.8, 4) is 12.3 Å². The van der Waals surface area contributed by atoms with Gasteiger partial charge in [-0.2, -0.15) is 0 Å². The highest BCUT2D eigenvalue weighted by Gasteiger charge is 2.19. The summed E-state index contributed by atoms with van der Waals surface area (Å²) in [6.07, 6.45) is 9.93. The normalized spacial score (nSPS) is 23.0. The number of rotatable bonds is 6. The lowest BCUT2D eigenvalue weighted by molar-refractivity contribution is -0.122. The third-order valence-corrected chi connectivity index (χ3v) is 2.41. The van der Waals surface area contributed by atoms with Crippen molar-refractivity contribution < 1.29 is 14.6 Å². The van der Waals surface area contributed by atoms with E-state index in [1.165, 1.54) is 0 Å². The molecule has 0 heterocycles. The van der Waals surface area contributed by atoms with Crippen LogP contribution in [-0.2, 0) is 9.53 Å². The number of aliphatic hydroxyl groups excluding tert-OH is 1. The molecule has 0 aromatic carbocycles. The lowest BCUT2D eigenvalue weighted by Crippen LogP contribution is -2.33. The summed E-state index contributed by atoms with van der Waals surface area (Å²) in [5.41, 5.74) is 0. The predicted octanol–water partition coefficient (Wildman–Crippen LogP) is 0.0795. The monoisotopic (exact) mass is 223 g/mol. The minimum absolute atomic E-state index is 0.0392. The molecule has 0 saturated heterocycles. The van der Waals surface area contributed by atoms with Crippen molar-refractivity contribution in [3.63, 3.8) is 0 Å². The van der Waals surface area contributed by atoms with E-state index < -0.39 is 0 Å². The highest BCUT2D eigenvalue weighted by atomic mass is 16.5. The van der Waals surface area contributed by atoms with E-state index in [0.717, 1.165) is 6.42 Å². The molecule has 4 nitrogen and oxygen atoms in total. The quantitative estimate of drug-likeness (QED) is 0.381. The molecule has 2 N–H and O–H groups in total. The summed E-state index contributed by atoms with van der Waals surface area (Å²) in [6.45, 7) is 0.716. The molecule has 0 fully saturated rings. The molecule has 88 valence electrons. The van der Waals surface area contributed by atoms with Crippen LogP contribution in [0.3, 0.4) is 0 Å². The summed E-state index contributed by atoms with van der Waals surface area (Å²) in [7, 11) is 0. The Bertz CT molecular complexity index is 293. The molecule has 0 spiro atoms. The zero-order valence-corrected chi connectivity index (χ0v) is 9.19. The van der Waals surface area contributed by atoms with E-state index in [0.29, 0.717) is 13.0 Å². The lowest BCUT2D eigenvalue weighted by atomic mass is 10.1. The molecule has 0 unspecified atom stereocenters. The van der Waals surface area contributed by atoms with Gasteiger partial charge in [0.25, 0.3) is 0 Å². The van der Waals surface area contributed by atoms with Crippen molar-refractivity contribution in [3.05, 3.63) is 12.2 Å². The SMILES string of the molecule is C#CCOCCC(=O)N[C@@H]1C=C[C@H](CO)C1. The van der Waals surface area contributed by atoms with Crippen LogP contribution in [0.25, 0.3) is 0 Å². The smallest absolute Gasteiger partial charge is 0.222 e. The van der Waals surface area contributed by atoms with Crippen molar-refractivity contribution >= 4 is 5.91 Å². The first-order valence-electron chi connectivity index (χ1n) is 5.36. The standard InChI is InChI=1S/C12H17NO3/c1-2-6-16-7-5-12(15)13-11-4-3-10(8-11)9-14/h1,3-4,10-11,14H,5-9H2,(H,13,15)/t10-,11+/m0/s1. The molecule has 2 atom stereocenters. The van der Waals surface area contributed by atoms with Crippen LogP contribution in [0.5, 0.6) is 0 Å². The summed E-state index contributed by atoms with van der Waals surface area (Å²) >= 11 is 0. The van der Waals surface area contributed by atoms with Gasteiger partial charge < -0.3 is 15.2 Å². The van der Waals surface area contributed by atoms with Gasteiger partial charge in [-0.25, -0.2) is 0 Å². The van der Waals surface area contributed by atoms with Gasteiger partial charge in [0.15, 0.2) is 0 Å². The van der Waals surface area contributed by atoms with Crippen LogP contribution < -0.4 is 5.32 Å². The Hall–Kier alpha value is -1.31. The van der Waals surface area contributed by atoms with E-state index in [-0.39, 0.29) is 31.1 Å². The molecule has 16 heavy (non-hydrogen) atoms. The average molecular weight is 223 g/mol. The Morgan fingerprint density at radius 3 is 3.06 bits per heavy atom. The van der Waals surface area contributed by atoms with Crippen molar-refractivity contribution in [1.82, 2.24) is 5.32 Å². The number of carbonyl (C=O) groups excluding carboxylic acids is 1. The fourth-order valence-corrected chi connectivity index (χ4v) is 1.59. The molecule has 0 aromatic rings. The molecular formula is C12H17NO3. The molecule has 0 aliphatic heterocycles. The largest absolute Gasteiger partial charge is 0.396 e. The average Bonchev–Trinajstić information content (AvgIpc) is 2.72. The molecule has 0 saturated carbocycles. The zero-order chi connectivity index (χ0) is 11.8. The third kappa shape index (κ3) is 4.47. The van der Waals surface area contributed by atoms with E-state index in [1.807, 2.05) is 12.2 Å². The number of nitrogens with one attached hydrogen (secondary N) is 1. The summed E-state index contributed by atoms with van der Waals surface area (Å²) in [6, 6.07) is 0.0392. The Morgan fingerprint density at radius 1 is 1.62 bits per heavy atom. The molecule has 4 heteroatoms. The Morgan fingerprint density at radius 2 is 2.44 bits per heavy atom. The van der Waals surface area contributed by atoms with E-state index in [4.69, 9.17) is 16.3 Å². The van der Waals surface area contributed by atoms with Crippen LogP contribution >= 0.6 is 0 Å². The van der Waals surface area contributed by atoms with E-state index >= 15 is 0 Å². The van der Waals surface area contributed by atoms with Gasteiger partial charge in [0.2, 0.25) is 5.91 Å². The number of terminal acetylenes is 1. The Kier molecular flexibility index (Phi) is 5.62. The zero-order valence-electron chi connectivity index (χ0n) is 9.19. The maximum atomic E-state index is 11.4. The van der Waals surface area contributed by atoms with Crippen LogP contribution in [0.2, 0.25) is 0 Å². The summed E-state index contributed by atoms with van der Waals surface area (Å²) in [5.74, 6) is 2.45. The highest BCUT2D eigenvalue weighted by Crippen LogP contribution is 2.16. The maximum absolute atomic E-state index is 11.4. The van der Waals surface area contributed by atoms with Crippen molar-refractivity contribution in [2.45, 2.75) is 18.9 Å². The van der Waals surface area contributed by atoms with Crippen LogP contribution in [0.4, 0.5) is 0 Å². The first-order valence-corrected chi connectivity index (χ1v) is 5.36. The minimum Gasteiger partial charge on any atom is -0.396 e. The third-order valence-electron chi connectivity index (χ3n) is 2.41. The van der Waals surface area contributed by atoms with Gasteiger partial charge in [-0.1, -0.05) is 18.1 Å². The first kappa shape index (κ1) is 12.8. The number of ether oxygens (including phenoxy) is 1. The number of carbonyl (C=O) groups is 1. The number of hydrogen-bond acceptors (Lipinski definition) is 3. The van der Waals surface area contributed by atoms with Crippen LogP contribution in [0.15, 0.2) is 12.2 Å². The van der Waals surface area contributed by atoms with Gasteiger partial charge in [0, 0.05) is 18.6 Å². The summed E-state index contributed by atoms with van der Waals surface area (Å²) in [5, 5.41) is 11.8. The highest BCUT2D eigenvalue weighted by molar-refractivity contribution is 5.76. The van der Waals surface area contributed by atoms with Crippen molar-refractivity contribution in [2.75, 3.05) is 19.8 Å². The Balaban J connectivity index is 2.11. The number of aliphatic hydroxyl groups is 1. The molecule has 1 aliphatic carbocycles. The van der Waals surface area contributed by atoms with Crippen LogP contribution in [0.1, 0.15) is 12.8 Å². The Labute approximate surface area is 95.7 Å². The summed E-state index contributed by atoms with van der Waals surface area (Å²) in [4.78, 5) is 11.4. The van der Waals surface area contributed by atoms with E-state index in [1.54, 1.807) is 0 Å². The van der Waals surface area contributed by atoms with Gasteiger partial charge in [-0.05, 0) is 6.42 Å². The topological polar surface area (TPSA) is 58.6 Å². The van der Waals surface area contributed by atoms with Crippen molar-refractivity contribution in [1.29, 1.82) is 0 Å². The maximum Gasteiger partial charge on any atom is 0.222 e. The fourth-order valence-electron chi connectivity index (χ4n) is 1.59. The second kappa shape index (κ2) is 7.04. The second-order valence-corrected chi connectivity index (χ2v) is 3.74. The molecule has 1 amide bonds. The molecule has 0 radical (unpaired) electrons. The minimum atomic E-state index is -0.0507. The van der Waals surface area contributed by atoms with Gasteiger partial charge in [0.05, 0.1) is 13.0 Å². The van der Waals surface area contributed by atoms with Gasteiger partial charge in [0.1, 0.15) is 6.61 Å². The lowest BCUT2D eigenvalue weighted by Gasteiger charge is -2.12. The first-order chi connectivity index (χ1) is 7.76. The molecular weight excluding hydrogens is 206 g/mol. The van der Waals surface area contributed by atoms with Gasteiger partial charge in [-0.3, -0.25) is 4.79 Å². The molecule has 1 aliphatic rings. The molecule has 1 rings (SSSR count). The van der Waals surface area contributed by atoms with Crippen molar-refractivity contribution in [2.24, 2.45) is 5.92 Å². The second-order valence-electron chi connectivity index (χ2n) is 3.74. The predicted molar refractivity (Wildman–Crippen MR) is 60.5 cm³/mol.